The van der Waals surface area contributed by atoms with E-state index in [0.29, 0.717) is 0 Å². The van der Waals surface area contributed by atoms with Crippen molar-refractivity contribution in [3.05, 3.63) is 29.8 Å². The van der Waals surface area contributed by atoms with E-state index in [1.54, 1.807) is 0 Å². The zero-order valence-corrected chi connectivity index (χ0v) is 11.2. The monoisotopic (exact) mass is 245 g/mol. The second kappa shape index (κ2) is 5.29. The summed E-state index contributed by atoms with van der Waals surface area (Å²) in [5, 5.41) is 3.41. The van der Waals surface area contributed by atoms with E-state index < -0.39 is 0 Å². The van der Waals surface area contributed by atoms with Gasteiger partial charge in [-0.2, -0.15) is 0 Å². The third-order valence-electron chi connectivity index (χ3n) is 4.22. The maximum Gasteiger partial charge on any atom is 0.0369 e. The lowest BCUT2D eigenvalue weighted by Gasteiger charge is -2.30. The first-order valence-corrected chi connectivity index (χ1v) is 7.07. The molecular weight excluding hydrogens is 222 g/mol. The summed E-state index contributed by atoms with van der Waals surface area (Å²) in [4.78, 5) is 4.93. The second-order valence-electron chi connectivity index (χ2n) is 5.58. The average molecular weight is 245 g/mol. The van der Waals surface area contributed by atoms with Gasteiger partial charge in [-0.1, -0.05) is 12.1 Å². The quantitative estimate of drug-likeness (QED) is 0.852. The van der Waals surface area contributed by atoms with Crippen LogP contribution in [0.25, 0.3) is 0 Å². The van der Waals surface area contributed by atoms with Crippen molar-refractivity contribution in [2.24, 2.45) is 0 Å². The molecule has 0 bridgehead atoms. The van der Waals surface area contributed by atoms with Crippen LogP contribution < -0.4 is 10.2 Å². The van der Waals surface area contributed by atoms with E-state index in [-0.39, 0.29) is 0 Å². The van der Waals surface area contributed by atoms with Crippen molar-refractivity contribution in [3.8, 4) is 0 Å². The highest BCUT2D eigenvalue weighted by atomic mass is 15.2. The highest BCUT2D eigenvalue weighted by Crippen LogP contribution is 2.29. The topological polar surface area (TPSA) is 18.5 Å². The summed E-state index contributed by atoms with van der Waals surface area (Å²) in [6.45, 7) is 6.93. The summed E-state index contributed by atoms with van der Waals surface area (Å²) < 4.78 is 0. The van der Waals surface area contributed by atoms with Gasteiger partial charge in [0.25, 0.3) is 0 Å². The van der Waals surface area contributed by atoms with Crippen LogP contribution in [-0.4, -0.2) is 51.2 Å². The predicted octanol–water partition coefficient (Wildman–Crippen LogP) is 1.52. The molecule has 18 heavy (non-hydrogen) atoms. The summed E-state index contributed by atoms with van der Waals surface area (Å²) in [5.74, 6) is 0.734. The molecule has 3 rings (SSSR count). The van der Waals surface area contributed by atoms with Crippen molar-refractivity contribution in [2.45, 2.75) is 12.3 Å². The maximum atomic E-state index is 3.41. The third kappa shape index (κ3) is 2.52. The zero-order chi connectivity index (χ0) is 12.4. The molecule has 1 aromatic carbocycles. The van der Waals surface area contributed by atoms with Crippen LogP contribution in [-0.2, 0) is 0 Å². The molecule has 1 unspecified atom stereocenters. The van der Waals surface area contributed by atoms with Gasteiger partial charge in [0.1, 0.15) is 0 Å². The first-order valence-electron chi connectivity index (χ1n) is 7.07. The van der Waals surface area contributed by atoms with Gasteiger partial charge in [0.15, 0.2) is 0 Å². The Balaban J connectivity index is 1.76. The van der Waals surface area contributed by atoms with Gasteiger partial charge < -0.3 is 15.1 Å². The lowest BCUT2D eigenvalue weighted by molar-refractivity contribution is 0.411. The molecule has 0 saturated carbocycles. The summed E-state index contributed by atoms with van der Waals surface area (Å²) in [7, 11) is 2.22. The molecule has 0 spiro atoms. The minimum Gasteiger partial charge on any atom is -0.369 e. The number of anilines is 1. The number of hydrogen-bond donors (Lipinski definition) is 1. The number of hydrogen-bond acceptors (Lipinski definition) is 3. The number of nitrogens with one attached hydrogen (secondary N) is 1. The molecule has 1 atom stereocenters. The minimum atomic E-state index is 0.734. The van der Waals surface area contributed by atoms with Crippen LogP contribution in [0, 0.1) is 0 Å². The number of rotatable bonds is 2. The molecule has 2 fully saturated rings. The van der Waals surface area contributed by atoms with Crippen molar-refractivity contribution < 1.29 is 0 Å². The van der Waals surface area contributed by atoms with Gasteiger partial charge in [0.2, 0.25) is 0 Å². The van der Waals surface area contributed by atoms with Gasteiger partial charge in [0.05, 0.1) is 0 Å². The van der Waals surface area contributed by atoms with E-state index in [1.165, 1.54) is 30.8 Å². The molecule has 3 heteroatoms. The van der Waals surface area contributed by atoms with Crippen LogP contribution >= 0.6 is 0 Å². The molecule has 2 aliphatic rings. The van der Waals surface area contributed by atoms with Crippen LogP contribution in [0.4, 0.5) is 5.69 Å². The van der Waals surface area contributed by atoms with Crippen molar-refractivity contribution in [2.75, 3.05) is 51.2 Å². The Morgan fingerprint density at radius 2 is 2.00 bits per heavy atom. The molecule has 2 aliphatic heterocycles. The molecule has 0 amide bonds. The van der Waals surface area contributed by atoms with E-state index in [1.807, 2.05) is 0 Å². The van der Waals surface area contributed by atoms with Crippen LogP contribution in [0.2, 0.25) is 0 Å². The minimum absolute atomic E-state index is 0.734. The number of nitrogens with zero attached hydrogens (tertiary/aromatic N) is 2. The van der Waals surface area contributed by atoms with Crippen LogP contribution in [0.1, 0.15) is 17.9 Å². The smallest absolute Gasteiger partial charge is 0.0369 e. The average Bonchev–Trinajstić information content (AvgIpc) is 2.87. The Labute approximate surface area is 110 Å². The first-order chi connectivity index (χ1) is 8.83. The van der Waals surface area contributed by atoms with Gasteiger partial charge >= 0.3 is 0 Å². The van der Waals surface area contributed by atoms with Gasteiger partial charge in [0, 0.05) is 38.4 Å². The molecular formula is C15H23N3. The second-order valence-corrected chi connectivity index (χ2v) is 5.58. The molecule has 3 nitrogen and oxygen atoms in total. The van der Waals surface area contributed by atoms with E-state index in [0.717, 1.165) is 32.1 Å². The SMILES string of the molecule is CN1CCC(c2cccc(N3CCNCC3)c2)C1. The van der Waals surface area contributed by atoms with Crippen molar-refractivity contribution in [1.29, 1.82) is 0 Å². The normalized spacial score (nSPS) is 25.6. The van der Waals surface area contributed by atoms with Crippen molar-refractivity contribution in [1.82, 2.24) is 10.2 Å². The fourth-order valence-electron chi connectivity index (χ4n) is 3.11. The molecule has 1 N–H and O–H groups in total. The van der Waals surface area contributed by atoms with Gasteiger partial charge in [-0.3, -0.25) is 0 Å². The number of likely N-dealkylation sites (tertiary alicyclic amines) is 1. The molecule has 0 aromatic heterocycles. The Hall–Kier alpha value is -1.06. The first kappa shape index (κ1) is 12.0. The van der Waals surface area contributed by atoms with Crippen LogP contribution in [0.3, 0.4) is 0 Å². The Kier molecular flexibility index (Phi) is 3.52. The van der Waals surface area contributed by atoms with E-state index in [9.17, 15) is 0 Å². The van der Waals surface area contributed by atoms with Crippen LogP contribution in [0.5, 0.6) is 0 Å². The summed E-state index contributed by atoms with van der Waals surface area (Å²) in [6.07, 6.45) is 1.31. The fourth-order valence-corrected chi connectivity index (χ4v) is 3.11. The van der Waals surface area contributed by atoms with Gasteiger partial charge in [-0.15, -0.1) is 0 Å². The van der Waals surface area contributed by atoms with E-state index >= 15 is 0 Å². The molecule has 98 valence electrons. The molecule has 0 radical (unpaired) electrons. The largest absolute Gasteiger partial charge is 0.369 e. The highest BCUT2D eigenvalue weighted by Gasteiger charge is 2.21. The van der Waals surface area contributed by atoms with Crippen molar-refractivity contribution >= 4 is 5.69 Å². The molecule has 0 aliphatic carbocycles. The molecule has 2 heterocycles. The highest BCUT2D eigenvalue weighted by molar-refractivity contribution is 5.50. The molecule has 1 aromatic rings. The Morgan fingerprint density at radius 3 is 2.72 bits per heavy atom. The fraction of sp³-hybridized carbons (Fsp3) is 0.600. The third-order valence-corrected chi connectivity index (χ3v) is 4.22. The lowest BCUT2D eigenvalue weighted by Crippen LogP contribution is -2.43. The predicted molar refractivity (Wildman–Crippen MR) is 76.4 cm³/mol. The molecule has 2 saturated heterocycles. The summed E-state index contributed by atoms with van der Waals surface area (Å²) in [5.41, 5.74) is 2.93. The number of piperazine rings is 1. The zero-order valence-electron chi connectivity index (χ0n) is 11.2. The van der Waals surface area contributed by atoms with Crippen molar-refractivity contribution in [3.63, 3.8) is 0 Å². The van der Waals surface area contributed by atoms with E-state index in [4.69, 9.17) is 0 Å². The van der Waals surface area contributed by atoms with E-state index in [2.05, 4.69) is 46.4 Å². The summed E-state index contributed by atoms with van der Waals surface area (Å²) >= 11 is 0. The van der Waals surface area contributed by atoms with Gasteiger partial charge in [-0.25, -0.2) is 0 Å². The van der Waals surface area contributed by atoms with Crippen LogP contribution in [0.15, 0.2) is 24.3 Å². The maximum absolute atomic E-state index is 3.41. The Bertz CT molecular complexity index is 378. The van der Waals surface area contributed by atoms with Gasteiger partial charge in [-0.05, 0) is 43.6 Å². The number of likely N-dealkylation sites (N-methyl/N-ethyl adjacent to an activating group) is 1. The Morgan fingerprint density at radius 1 is 1.17 bits per heavy atom. The lowest BCUT2D eigenvalue weighted by atomic mass is 9.97. The standard InChI is InChI=1S/C15H23N3/c1-17-8-5-14(12-17)13-3-2-4-15(11-13)18-9-6-16-7-10-18/h2-4,11,14,16H,5-10,12H2,1H3. The number of benzene rings is 1. The summed E-state index contributed by atoms with van der Waals surface area (Å²) in [6, 6.07) is 9.20.